The van der Waals surface area contributed by atoms with Crippen molar-refractivity contribution in [2.45, 2.75) is 0 Å². The van der Waals surface area contributed by atoms with Gasteiger partial charge < -0.3 is 10.6 Å². The number of aromatic nitrogens is 1. The predicted molar refractivity (Wildman–Crippen MR) is 45.8 cm³/mol. The topological polar surface area (TPSA) is 77.6 Å². The van der Waals surface area contributed by atoms with Crippen LogP contribution in [0.3, 0.4) is 0 Å². The van der Waals surface area contributed by atoms with Crippen LogP contribution in [0.2, 0.25) is 0 Å². The summed E-state index contributed by atoms with van der Waals surface area (Å²) in [6.45, 7) is -1.11. The molecule has 13 heavy (non-hydrogen) atoms. The summed E-state index contributed by atoms with van der Waals surface area (Å²) >= 11 is 1.14. The quantitative estimate of drug-likeness (QED) is 0.569. The van der Waals surface area contributed by atoms with E-state index in [9.17, 15) is 9.18 Å². The van der Waals surface area contributed by atoms with E-state index in [2.05, 4.69) is 15.0 Å². The lowest BCUT2D eigenvalue weighted by molar-refractivity contribution is 0.0640. The molecule has 0 aliphatic rings. The predicted octanol–water partition coefficient (Wildman–Crippen LogP) is 0.483. The van der Waals surface area contributed by atoms with Gasteiger partial charge in [0, 0.05) is 5.38 Å². The normalized spacial score (nSPS) is 11.3. The van der Waals surface area contributed by atoms with Crippen LogP contribution in [-0.4, -0.2) is 23.8 Å². The highest BCUT2D eigenvalue weighted by Crippen LogP contribution is 2.11. The fraction of sp³-hybridized carbons (Fsp3) is 0.167. The van der Waals surface area contributed by atoms with Crippen molar-refractivity contribution in [3.8, 4) is 0 Å². The minimum atomic E-state index is -1.11. The van der Waals surface area contributed by atoms with Crippen LogP contribution in [0, 0.1) is 0 Å². The van der Waals surface area contributed by atoms with E-state index in [0.717, 1.165) is 11.3 Å². The number of rotatable bonds is 4. The van der Waals surface area contributed by atoms with Crippen molar-refractivity contribution in [2.75, 3.05) is 12.6 Å². The standard InChI is InChI=1S/C6H5FN3O2S/c7-3-12-10-4(1-11)5-2-13-6(8)9-5/h2H,3H2,(H2,8,9). The number of thiazole rings is 1. The van der Waals surface area contributed by atoms with Gasteiger partial charge in [0.25, 0.3) is 13.1 Å². The Hall–Kier alpha value is -1.50. The number of nitrogens with zero attached hydrogens (tertiary/aromatic N) is 2. The Morgan fingerprint density at radius 1 is 1.92 bits per heavy atom. The molecule has 69 valence electrons. The second-order valence-corrected chi connectivity index (χ2v) is 2.74. The van der Waals surface area contributed by atoms with Gasteiger partial charge in [0.05, 0.1) is 0 Å². The van der Waals surface area contributed by atoms with Gasteiger partial charge >= 0.3 is 0 Å². The molecule has 0 unspecified atom stereocenters. The summed E-state index contributed by atoms with van der Waals surface area (Å²) in [6, 6.07) is 0. The number of oxime groups is 1. The molecule has 1 aromatic rings. The fourth-order valence-electron chi connectivity index (χ4n) is 0.603. The first-order valence-electron chi connectivity index (χ1n) is 3.13. The molecule has 0 aliphatic carbocycles. The van der Waals surface area contributed by atoms with Gasteiger partial charge in [-0.25, -0.2) is 9.37 Å². The molecule has 0 spiro atoms. The molecule has 0 saturated heterocycles. The zero-order chi connectivity index (χ0) is 9.68. The van der Waals surface area contributed by atoms with Gasteiger partial charge in [0.15, 0.2) is 10.8 Å². The molecule has 0 aromatic carbocycles. The molecule has 1 rings (SSSR count). The molecule has 1 heterocycles. The van der Waals surface area contributed by atoms with Crippen molar-refractivity contribution in [2.24, 2.45) is 5.16 Å². The third-order valence-electron chi connectivity index (χ3n) is 1.07. The van der Waals surface area contributed by atoms with Gasteiger partial charge in [-0.15, -0.1) is 11.3 Å². The maximum Gasteiger partial charge on any atom is 0.259 e. The highest BCUT2D eigenvalue weighted by Gasteiger charge is 2.08. The second kappa shape index (κ2) is 4.51. The Morgan fingerprint density at radius 2 is 2.69 bits per heavy atom. The van der Waals surface area contributed by atoms with Crippen LogP contribution in [0.4, 0.5) is 9.52 Å². The molecule has 1 aromatic heterocycles. The van der Waals surface area contributed by atoms with Gasteiger partial charge in [0.1, 0.15) is 5.69 Å². The minimum Gasteiger partial charge on any atom is -0.375 e. The number of alkyl halides is 1. The number of hydrogen-bond donors (Lipinski definition) is 1. The maximum atomic E-state index is 11.5. The first-order valence-corrected chi connectivity index (χ1v) is 4.01. The van der Waals surface area contributed by atoms with Crippen LogP contribution >= 0.6 is 11.3 Å². The molecular weight excluding hydrogens is 197 g/mol. The second-order valence-electron chi connectivity index (χ2n) is 1.85. The van der Waals surface area contributed by atoms with Crippen LogP contribution in [-0.2, 0) is 9.63 Å². The lowest BCUT2D eigenvalue weighted by atomic mass is 10.3. The minimum absolute atomic E-state index is 0.203. The lowest BCUT2D eigenvalue weighted by Gasteiger charge is -1.91. The van der Waals surface area contributed by atoms with Crippen molar-refractivity contribution in [3.63, 3.8) is 0 Å². The molecule has 0 bridgehead atoms. The lowest BCUT2D eigenvalue weighted by Crippen LogP contribution is -2.04. The molecule has 0 atom stereocenters. The molecule has 0 amide bonds. The molecule has 0 saturated carbocycles. The van der Waals surface area contributed by atoms with E-state index in [4.69, 9.17) is 5.73 Å². The van der Waals surface area contributed by atoms with Crippen LogP contribution in [0.25, 0.3) is 0 Å². The van der Waals surface area contributed by atoms with Crippen LogP contribution in [0.5, 0.6) is 0 Å². The van der Waals surface area contributed by atoms with Gasteiger partial charge in [-0.2, -0.15) is 0 Å². The smallest absolute Gasteiger partial charge is 0.259 e. The van der Waals surface area contributed by atoms with E-state index in [1.165, 1.54) is 11.7 Å². The van der Waals surface area contributed by atoms with E-state index in [1.54, 1.807) is 0 Å². The zero-order valence-corrected chi connectivity index (χ0v) is 7.18. The monoisotopic (exact) mass is 202 g/mol. The summed E-state index contributed by atoms with van der Waals surface area (Å²) in [7, 11) is 0. The Morgan fingerprint density at radius 3 is 3.15 bits per heavy atom. The van der Waals surface area contributed by atoms with E-state index in [-0.39, 0.29) is 16.5 Å². The van der Waals surface area contributed by atoms with Crippen molar-refractivity contribution in [1.82, 2.24) is 4.98 Å². The van der Waals surface area contributed by atoms with Gasteiger partial charge in [0.2, 0.25) is 0 Å². The molecule has 2 N–H and O–H groups in total. The highest BCUT2D eigenvalue weighted by atomic mass is 32.1. The average Bonchev–Trinajstić information content (AvgIpc) is 2.54. The summed E-state index contributed by atoms with van der Waals surface area (Å²) in [5.41, 5.74) is 5.33. The molecule has 7 heteroatoms. The largest absolute Gasteiger partial charge is 0.375 e. The summed E-state index contributed by atoms with van der Waals surface area (Å²) < 4.78 is 11.5. The molecule has 5 nitrogen and oxygen atoms in total. The summed E-state index contributed by atoms with van der Waals surface area (Å²) in [5.74, 6) is 0. The van der Waals surface area contributed by atoms with Crippen LogP contribution in [0.15, 0.2) is 10.5 Å². The van der Waals surface area contributed by atoms with Crippen molar-refractivity contribution in [1.29, 1.82) is 0 Å². The number of nitrogens with two attached hydrogens (primary N) is 1. The van der Waals surface area contributed by atoms with E-state index >= 15 is 0 Å². The summed E-state index contributed by atoms with van der Waals surface area (Å²) in [6.07, 6.45) is 1.46. The van der Waals surface area contributed by atoms with Gasteiger partial charge in [-0.3, -0.25) is 4.79 Å². The third-order valence-corrected chi connectivity index (χ3v) is 1.74. The first kappa shape index (κ1) is 9.59. The van der Waals surface area contributed by atoms with Gasteiger partial charge in [-0.1, -0.05) is 5.16 Å². The van der Waals surface area contributed by atoms with Crippen LogP contribution < -0.4 is 5.73 Å². The number of carbonyl (C=O) groups excluding carboxylic acids is 1. The molecular formula is C6H5FN3O2S. The average molecular weight is 202 g/mol. The van der Waals surface area contributed by atoms with Crippen molar-refractivity contribution in [3.05, 3.63) is 11.1 Å². The van der Waals surface area contributed by atoms with E-state index < -0.39 is 6.86 Å². The van der Waals surface area contributed by atoms with E-state index in [0.29, 0.717) is 0 Å². The Bertz CT molecular complexity index is 325. The maximum absolute atomic E-state index is 11.5. The molecule has 0 aliphatic heterocycles. The highest BCUT2D eigenvalue weighted by molar-refractivity contribution is 7.13. The Balaban J connectivity index is 2.84. The van der Waals surface area contributed by atoms with Gasteiger partial charge in [-0.05, 0) is 0 Å². The third kappa shape index (κ3) is 2.48. The molecule has 1 radical (unpaired) electrons. The Kier molecular flexibility index (Phi) is 3.32. The SMILES string of the molecule is Nc1nc(C([C]=O)=NOCF)cs1. The summed E-state index contributed by atoms with van der Waals surface area (Å²) in [4.78, 5) is 18.1. The van der Waals surface area contributed by atoms with Crippen molar-refractivity contribution < 1.29 is 14.0 Å². The first-order chi connectivity index (χ1) is 6.27. The molecule has 0 fully saturated rings. The number of halogens is 1. The van der Waals surface area contributed by atoms with Crippen molar-refractivity contribution >= 4 is 28.5 Å². The van der Waals surface area contributed by atoms with Crippen LogP contribution in [0.1, 0.15) is 5.69 Å². The number of nitrogen functional groups attached to an aromatic ring is 1. The fourth-order valence-corrected chi connectivity index (χ4v) is 1.15. The zero-order valence-electron chi connectivity index (χ0n) is 6.36. The van der Waals surface area contributed by atoms with E-state index in [1.807, 2.05) is 0 Å². The number of hydrogen-bond acceptors (Lipinski definition) is 6. The summed E-state index contributed by atoms with van der Waals surface area (Å²) in [5, 5.41) is 4.94. The number of anilines is 1. The Labute approximate surface area is 77.0 Å².